The molecule has 0 saturated heterocycles. The van der Waals surface area contributed by atoms with Crippen LogP contribution < -0.4 is 11.1 Å². The summed E-state index contributed by atoms with van der Waals surface area (Å²) in [6.45, 7) is 5.81. The van der Waals surface area contributed by atoms with Gasteiger partial charge < -0.3 is 15.6 Å². The molecule has 0 aromatic carbocycles. The van der Waals surface area contributed by atoms with Crippen LogP contribution in [0.1, 0.15) is 60.7 Å². The number of aryl methyl sites for hydroxylation is 1. The molecule has 1 saturated carbocycles. The molecule has 2 aromatic heterocycles. The van der Waals surface area contributed by atoms with Crippen molar-refractivity contribution in [1.29, 1.82) is 5.26 Å². The summed E-state index contributed by atoms with van der Waals surface area (Å²) in [5.41, 5.74) is 9.05. The average molecular weight is 399 g/mol. The first-order chi connectivity index (χ1) is 13.4. The zero-order chi connectivity index (χ0) is 20.3. The summed E-state index contributed by atoms with van der Waals surface area (Å²) in [6, 6.07) is 4.29. The zero-order valence-electron chi connectivity index (χ0n) is 16.6. The van der Waals surface area contributed by atoms with Crippen molar-refractivity contribution in [3.8, 4) is 6.07 Å². The number of nitrogens with one attached hydrogen (secondary N) is 1. The molecule has 7 nitrogen and oxygen atoms in total. The number of carbonyl (C=O) groups is 1. The van der Waals surface area contributed by atoms with E-state index in [2.05, 4.69) is 25.9 Å². The number of amides is 1. The van der Waals surface area contributed by atoms with E-state index < -0.39 is 0 Å². The normalized spacial score (nSPS) is 14.6. The van der Waals surface area contributed by atoms with E-state index in [0.29, 0.717) is 28.4 Å². The van der Waals surface area contributed by atoms with E-state index in [-0.39, 0.29) is 11.7 Å². The van der Waals surface area contributed by atoms with Crippen molar-refractivity contribution in [2.45, 2.75) is 64.1 Å². The molecule has 1 amide bonds. The van der Waals surface area contributed by atoms with E-state index in [1.54, 1.807) is 6.07 Å². The molecule has 0 unspecified atom stereocenters. The molecule has 2 heterocycles. The van der Waals surface area contributed by atoms with Crippen molar-refractivity contribution in [3.63, 3.8) is 0 Å². The maximum atomic E-state index is 12.6. The Labute approximate surface area is 169 Å². The second-order valence-electron chi connectivity index (χ2n) is 7.26. The lowest BCUT2D eigenvalue weighted by Gasteiger charge is -2.27. The highest BCUT2D eigenvalue weighted by molar-refractivity contribution is 7.99. The summed E-state index contributed by atoms with van der Waals surface area (Å²) in [5, 5.41) is 13.1. The Bertz CT molecular complexity index is 904. The number of rotatable bonds is 5. The van der Waals surface area contributed by atoms with Gasteiger partial charge in [-0.05, 0) is 39.2 Å². The fraction of sp³-hybridized carbons (Fsp3) is 0.500. The van der Waals surface area contributed by atoms with Gasteiger partial charge in [0.15, 0.2) is 5.16 Å². The molecule has 1 fully saturated rings. The smallest absolute Gasteiger partial charge is 0.235 e. The number of hydrogen-bond acceptors (Lipinski definition) is 6. The Morgan fingerprint density at radius 2 is 2.04 bits per heavy atom. The lowest BCUT2D eigenvalue weighted by atomic mass is 9.95. The van der Waals surface area contributed by atoms with Gasteiger partial charge in [0.05, 0.1) is 11.3 Å². The second-order valence-corrected chi connectivity index (χ2v) is 8.20. The van der Waals surface area contributed by atoms with E-state index in [0.717, 1.165) is 29.8 Å². The summed E-state index contributed by atoms with van der Waals surface area (Å²) in [5.74, 6) is 0.987. The fourth-order valence-corrected chi connectivity index (χ4v) is 4.52. The molecule has 28 heavy (non-hydrogen) atoms. The number of carbonyl (C=O) groups excluding carboxylic acids is 1. The maximum absolute atomic E-state index is 12.6. The van der Waals surface area contributed by atoms with Gasteiger partial charge in [0.2, 0.25) is 5.91 Å². The molecule has 148 valence electrons. The molecular weight excluding hydrogens is 372 g/mol. The molecule has 0 aliphatic heterocycles. The predicted molar refractivity (Wildman–Crippen MR) is 111 cm³/mol. The minimum Gasteiger partial charge on any atom is -0.384 e. The predicted octanol–water partition coefficient (Wildman–Crippen LogP) is 3.89. The Hall–Kier alpha value is -2.53. The quantitative estimate of drug-likeness (QED) is 0.584. The van der Waals surface area contributed by atoms with Crippen LogP contribution in [-0.4, -0.2) is 26.2 Å². The van der Waals surface area contributed by atoms with Crippen LogP contribution in [0.15, 0.2) is 11.2 Å². The molecule has 0 bridgehead atoms. The van der Waals surface area contributed by atoms with Crippen LogP contribution in [0.2, 0.25) is 0 Å². The van der Waals surface area contributed by atoms with Crippen molar-refractivity contribution < 1.29 is 4.79 Å². The fourth-order valence-electron chi connectivity index (χ4n) is 3.81. The van der Waals surface area contributed by atoms with Crippen LogP contribution in [0, 0.1) is 32.1 Å². The molecule has 0 atom stereocenters. The molecular formula is C20H26N6OS. The number of aromatic nitrogens is 3. The summed E-state index contributed by atoms with van der Waals surface area (Å²) in [6.07, 6.45) is 5.76. The Morgan fingerprint density at radius 3 is 2.68 bits per heavy atom. The summed E-state index contributed by atoms with van der Waals surface area (Å²) in [4.78, 5) is 21.1. The zero-order valence-corrected chi connectivity index (χ0v) is 17.4. The first kappa shape index (κ1) is 20.2. The van der Waals surface area contributed by atoms with Gasteiger partial charge >= 0.3 is 0 Å². The van der Waals surface area contributed by atoms with Crippen molar-refractivity contribution >= 4 is 29.3 Å². The van der Waals surface area contributed by atoms with Crippen LogP contribution in [0.25, 0.3) is 0 Å². The number of thioether (sulfide) groups is 1. The lowest BCUT2D eigenvalue weighted by molar-refractivity contribution is -0.113. The molecule has 0 spiro atoms. The highest BCUT2D eigenvalue weighted by Gasteiger charge is 2.25. The van der Waals surface area contributed by atoms with Gasteiger partial charge in [-0.25, -0.2) is 9.97 Å². The SMILES string of the molecule is Cc1cc(N)nc(SCC(=O)Nc2c(C#N)c(C)c(C)n2C2CCCCC2)n1. The maximum Gasteiger partial charge on any atom is 0.235 e. The molecule has 3 rings (SSSR count). The molecule has 8 heteroatoms. The summed E-state index contributed by atoms with van der Waals surface area (Å²) in [7, 11) is 0. The number of nitriles is 1. The van der Waals surface area contributed by atoms with Crippen LogP contribution >= 0.6 is 11.8 Å². The van der Waals surface area contributed by atoms with Gasteiger partial charge in [-0.15, -0.1) is 0 Å². The highest BCUT2D eigenvalue weighted by Crippen LogP contribution is 2.36. The van der Waals surface area contributed by atoms with E-state index in [9.17, 15) is 10.1 Å². The third-order valence-electron chi connectivity index (χ3n) is 5.25. The van der Waals surface area contributed by atoms with Crippen molar-refractivity contribution in [2.24, 2.45) is 0 Å². The number of hydrogen-bond donors (Lipinski definition) is 2. The number of anilines is 2. The third-order valence-corrected chi connectivity index (χ3v) is 6.10. The lowest BCUT2D eigenvalue weighted by Crippen LogP contribution is -2.21. The van der Waals surface area contributed by atoms with Gasteiger partial charge in [-0.2, -0.15) is 5.26 Å². The summed E-state index contributed by atoms with van der Waals surface area (Å²) < 4.78 is 2.16. The number of nitrogens with zero attached hydrogens (tertiary/aromatic N) is 4. The summed E-state index contributed by atoms with van der Waals surface area (Å²) >= 11 is 1.24. The monoisotopic (exact) mass is 398 g/mol. The van der Waals surface area contributed by atoms with E-state index in [1.807, 2.05) is 20.8 Å². The molecule has 0 radical (unpaired) electrons. The van der Waals surface area contributed by atoms with Gasteiger partial charge in [0, 0.05) is 23.5 Å². The largest absolute Gasteiger partial charge is 0.384 e. The van der Waals surface area contributed by atoms with E-state index in [1.165, 1.54) is 31.0 Å². The number of nitrogens with two attached hydrogens (primary N) is 1. The van der Waals surface area contributed by atoms with Crippen LogP contribution in [-0.2, 0) is 4.79 Å². The average Bonchev–Trinajstić information content (AvgIpc) is 2.89. The first-order valence-corrected chi connectivity index (χ1v) is 10.5. The standard InChI is InChI=1S/C20H26N6OS/c1-12-9-17(22)24-20(23-12)28-11-18(27)25-19-16(10-21)13(2)14(3)26(19)15-7-5-4-6-8-15/h9,15H,4-8,11H2,1-3H3,(H,25,27)(H2,22,23,24). The molecule has 1 aliphatic carbocycles. The molecule has 2 aromatic rings. The minimum atomic E-state index is -0.181. The Morgan fingerprint density at radius 1 is 1.32 bits per heavy atom. The minimum absolute atomic E-state index is 0.154. The van der Waals surface area contributed by atoms with Gasteiger partial charge in [-0.3, -0.25) is 4.79 Å². The van der Waals surface area contributed by atoms with Crippen LogP contribution in [0.4, 0.5) is 11.6 Å². The van der Waals surface area contributed by atoms with Crippen LogP contribution in [0.5, 0.6) is 0 Å². The van der Waals surface area contributed by atoms with Crippen LogP contribution in [0.3, 0.4) is 0 Å². The van der Waals surface area contributed by atoms with Crippen molar-refractivity contribution in [1.82, 2.24) is 14.5 Å². The van der Waals surface area contributed by atoms with Gasteiger partial charge in [-0.1, -0.05) is 31.0 Å². The topological polar surface area (TPSA) is 110 Å². The second kappa shape index (κ2) is 8.65. The molecule has 3 N–H and O–H groups in total. The highest BCUT2D eigenvalue weighted by atomic mass is 32.2. The number of nitrogen functional groups attached to an aromatic ring is 1. The first-order valence-electron chi connectivity index (χ1n) is 9.56. The van der Waals surface area contributed by atoms with Gasteiger partial charge in [0.25, 0.3) is 0 Å². The van der Waals surface area contributed by atoms with Crippen molar-refractivity contribution in [2.75, 3.05) is 16.8 Å². The van der Waals surface area contributed by atoms with E-state index in [4.69, 9.17) is 5.73 Å². The Kier molecular flexibility index (Phi) is 6.25. The Balaban J connectivity index is 1.79. The third kappa shape index (κ3) is 4.30. The molecule has 1 aliphatic rings. The van der Waals surface area contributed by atoms with Gasteiger partial charge in [0.1, 0.15) is 17.7 Å². The van der Waals surface area contributed by atoms with Crippen molar-refractivity contribution in [3.05, 3.63) is 28.6 Å². The van der Waals surface area contributed by atoms with E-state index >= 15 is 0 Å².